The summed E-state index contributed by atoms with van der Waals surface area (Å²) < 4.78 is 5.63. The minimum Gasteiger partial charge on any atom is -0.507 e. The van der Waals surface area contributed by atoms with Gasteiger partial charge in [0.25, 0.3) is 5.91 Å². The largest absolute Gasteiger partial charge is 0.507 e. The molecule has 1 heterocycles. The molecule has 5 heteroatoms. The summed E-state index contributed by atoms with van der Waals surface area (Å²) in [5, 5.41) is 10.6. The van der Waals surface area contributed by atoms with Crippen molar-refractivity contribution >= 4 is 22.6 Å². The van der Waals surface area contributed by atoms with Crippen molar-refractivity contribution in [2.45, 2.75) is 0 Å². The molecule has 0 aliphatic heterocycles. The lowest BCUT2D eigenvalue weighted by molar-refractivity contribution is 0.0939. The van der Waals surface area contributed by atoms with E-state index in [1.54, 1.807) is 12.1 Å². The Balaban J connectivity index is 1.69. The van der Waals surface area contributed by atoms with Gasteiger partial charge < -0.3 is 9.52 Å². The quantitative estimate of drug-likeness (QED) is 0.647. The molecule has 110 valence electrons. The molecule has 0 fully saturated rings. The molecule has 0 radical (unpaired) electrons. The van der Waals surface area contributed by atoms with Crippen LogP contribution in [0.25, 0.3) is 16.7 Å². The van der Waals surface area contributed by atoms with Gasteiger partial charge in [0.2, 0.25) is 0 Å². The van der Waals surface area contributed by atoms with Gasteiger partial charge in [0.1, 0.15) is 11.3 Å². The number of amides is 1. The molecule has 3 rings (SSSR count). The van der Waals surface area contributed by atoms with Crippen LogP contribution in [0.4, 0.5) is 0 Å². The minimum absolute atomic E-state index is 0.0869. The summed E-state index contributed by atoms with van der Waals surface area (Å²) in [7, 11) is 0. The van der Waals surface area contributed by atoms with Crippen LogP contribution in [0.5, 0.6) is 5.75 Å². The molecule has 2 aromatic carbocycles. The highest BCUT2D eigenvalue weighted by molar-refractivity contribution is 5.96. The van der Waals surface area contributed by atoms with Crippen molar-refractivity contribution in [1.82, 2.24) is 10.9 Å². The molecule has 1 amide bonds. The van der Waals surface area contributed by atoms with E-state index >= 15 is 0 Å². The van der Waals surface area contributed by atoms with E-state index in [9.17, 15) is 9.90 Å². The van der Waals surface area contributed by atoms with Gasteiger partial charge in [-0.1, -0.05) is 36.9 Å². The number of hydrazine groups is 1. The van der Waals surface area contributed by atoms with Gasteiger partial charge in [0.15, 0.2) is 5.76 Å². The van der Waals surface area contributed by atoms with E-state index in [-0.39, 0.29) is 11.3 Å². The van der Waals surface area contributed by atoms with Crippen molar-refractivity contribution in [2.75, 3.05) is 0 Å². The van der Waals surface area contributed by atoms with Gasteiger partial charge in [0.05, 0.1) is 11.3 Å². The highest BCUT2D eigenvalue weighted by Crippen LogP contribution is 2.22. The highest BCUT2D eigenvalue weighted by Gasteiger charge is 2.11. The normalized spacial score (nSPS) is 10.4. The van der Waals surface area contributed by atoms with Crippen molar-refractivity contribution < 1.29 is 14.3 Å². The summed E-state index contributed by atoms with van der Waals surface area (Å²) in [5.41, 5.74) is 6.49. The smallest absolute Gasteiger partial charge is 0.273 e. The lowest BCUT2D eigenvalue weighted by atomic mass is 10.2. The standard InChI is InChI=1S/C17H14N2O3/c1-11(16-10-12-6-2-5-9-15(12)22-16)18-19-17(21)13-7-3-4-8-14(13)20/h2-10,18,20H,1H2,(H,19,21). The highest BCUT2D eigenvalue weighted by atomic mass is 16.3. The first kappa shape index (κ1) is 13.8. The molecule has 0 bridgehead atoms. The van der Waals surface area contributed by atoms with Gasteiger partial charge in [-0.15, -0.1) is 0 Å². The molecular formula is C17H14N2O3. The van der Waals surface area contributed by atoms with Crippen molar-refractivity contribution in [1.29, 1.82) is 0 Å². The van der Waals surface area contributed by atoms with Crippen LogP contribution in [0.1, 0.15) is 16.1 Å². The summed E-state index contributed by atoms with van der Waals surface area (Å²) in [6, 6.07) is 15.7. The number of nitrogens with one attached hydrogen (secondary N) is 2. The summed E-state index contributed by atoms with van der Waals surface area (Å²) in [5.74, 6) is -0.0229. The zero-order chi connectivity index (χ0) is 15.5. The number of phenols is 1. The first-order valence-electron chi connectivity index (χ1n) is 6.67. The average Bonchev–Trinajstić information content (AvgIpc) is 2.97. The van der Waals surface area contributed by atoms with Gasteiger partial charge in [-0.3, -0.25) is 15.6 Å². The Kier molecular flexibility index (Phi) is 3.53. The van der Waals surface area contributed by atoms with Crippen molar-refractivity contribution in [3.05, 3.63) is 72.5 Å². The van der Waals surface area contributed by atoms with Crippen LogP contribution in [0.15, 0.2) is 65.6 Å². The maximum absolute atomic E-state index is 12.0. The van der Waals surface area contributed by atoms with E-state index in [2.05, 4.69) is 17.4 Å². The number of carbonyl (C=O) groups excluding carboxylic acids is 1. The molecule has 0 saturated carbocycles. The van der Waals surface area contributed by atoms with E-state index in [1.165, 1.54) is 12.1 Å². The molecule has 22 heavy (non-hydrogen) atoms. The van der Waals surface area contributed by atoms with E-state index in [1.807, 2.05) is 30.3 Å². The Morgan fingerprint density at radius 1 is 1.05 bits per heavy atom. The average molecular weight is 294 g/mol. The first-order chi connectivity index (χ1) is 10.6. The SMILES string of the molecule is C=C(NNC(=O)c1ccccc1O)c1cc2ccccc2o1. The van der Waals surface area contributed by atoms with Crippen LogP contribution in [0.2, 0.25) is 0 Å². The zero-order valence-electron chi connectivity index (χ0n) is 11.7. The van der Waals surface area contributed by atoms with Gasteiger partial charge in [0, 0.05) is 5.39 Å². The maximum Gasteiger partial charge on any atom is 0.273 e. The third kappa shape index (κ3) is 2.64. The van der Waals surface area contributed by atoms with Crippen molar-refractivity contribution in [3.63, 3.8) is 0 Å². The molecule has 0 spiro atoms. The number of fused-ring (bicyclic) bond motifs is 1. The second-order valence-electron chi connectivity index (χ2n) is 4.72. The van der Waals surface area contributed by atoms with Gasteiger partial charge in [-0.2, -0.15) is 0 Å². The maximum atomic E-state index is 12.0. The number of para-hydroxylation sites is 2. The Labute approximate surface area is 126 Å². The lowest BCUT2D eigenvalue weighted by Gasteiger charge is -2.09. The molecule has 3 aromatic rings. The monoisotopic (exact) mass is 294 g/mol. The van der Waals surface area contributed by atoms with Gasteiger partial charge in [-0.05, 0) is 24.3 Å². The second-order valence-corrected chi connectivity index (χ2v) is 4.72. The number of hydrogen-bond donors (Lipinski definition) is 3. The molecule has 0 aliphatic rings. The fourth-order valence-electron chi connectivity index (χ4n) is 2.06. The van der Waals surface area contributed by atoms with Crippen molar-refractivity contribution in [2.24, 2.45) is 0 Å². The van der Waals surface area contributed by atoms with Crippen LogP contribution < -0.4 is 10.9 Å². The number of phenolic OH excluding ortho intramolecular Hbond substituents is 1. The second kappa shape index (κ2) is 5.65. The Morgan fingerprint density at radius 2 is 1.77 bits per heavy atom. The number of carbonyl (C=O) groups is 1. The van der Waals surface area contributed by atoms with Gasteiger partial charge in [-0.25, -0.2) is 0 Å². The van der Waals surface area contributed by atoms with Gasteiger partial charge >= 0.3 is 0 Å². The Morgan fingerprint density at radius 3 is 2.55 bits per heavy atom. The van der Waals surface area contributed by atoms with Crippen LogP contribution >= 0.6 is 0 Å². The third-order valence-electron chi connectivity index (χ3n) is 3.20. The topological polar surface area (TPSA) is 74.5 Å². The first-order valence-corrected chi connectivity index (χ1v) is 6.67. The molecule has 0 aliphatic carbocycles. The summed E-state index contributed by atoms with van der Waals surface area (Å²) in [6.45, 7) is 3.83. The number of rotatable bonds is 4. The van der Waals surface area contributed by atoms with Crippen LogP contribution in [0, 0.1) is 0 Å². The fraction of sp³-hybridized carbons (Fsp3) is 0. The van der Waals surface area contributed by atoms with E-state index < -0.39 is 5.91 Å². The molecule has 0 saturated heterocycles. The van der Waals surface area contributed by atoms with E-state index in [0.29, 0.717) is 11.5 Å². The molecule has 3 N–H and O–H groups in total. The summed E-state index contributed by atoms with van der Waals surface area (Å²) in [4.78, 5) is 12.0. The van der Waals surface area contributed by atoms with Crippen LogP contribution in [-0.2, 0) is 0 Å². The Bertz CT molecular complexity index is 819. The minimum atomic E-state index is -0.463. The number of hydrogen-bond acceptors (Lipinski definition) is 4. The molecular weight excluding hydrogens is 280 g/mol. The number of aromatic hydroxyl groups is 1. The van der Waals surface area contributed by atoms with E-state index in [4.69, 9.17) is 4.42 Å². The predicted molar refractivity (Wildman–Crippen MR) is 84.0 cm³/mol. The Hall–Kier alpha value is -3.21. The van der Waals surface area contributed by atoms with Crippen LogP contribution in [-0.4, -0.2) is 11.0 Å². The lowest BCUT2D eigenvalue weighted by Crippen LogP contribution is -2.35. The molecule has 1 aromatic heterocycles. The molecule has 0 unspecified atom stereocenters. The number of furan rings is 1. The molecule has 0 atom stereocenters. The number of benzene rings is 2. The fourth-order valence-corrected chi connectivity index (χ4v) is 2.06. The van der Waals surface area contributed by atoms with Crippen molar-refractivity contribution in [3.8, 4) is 5.75 Å². The molecule has 5 nitrogen and oxygen atoms in total. The summed E-state index contributed by atoms with van der Waals surface area (Å²) in [6.07, 6.45) is 0. The third-order valence-corrected chi connectivity index (χ3v) is 3.20. The van der Waals surface area contributed by atoms with Crippen LogP contribution in [0.3, 0.4) is 0 Å². The zero-order valence-corrected chi connectivity index (χ0v) is 11.7. The summed E-state index contributed by atoms with van der Waals surface area (Å²) >= 11 is 0. The van der Waals surface area contributed by atoms with E-state index in [0.717, 1.165) is 11.0 Å². The predicted octanol–water partition coefficient (Wildman–Crippen LogP) is 3.04.